The summed E-state index contributed by atoms with van der Waals surface area (Å²) in [4.78, 5) is 2.12. The van der Waals surface area contributed by atoms with Crippen molar-refractivity contribution in [2.45, 2.75) is 19.2 Å². The molecule has 1 N–H and O–H groups in total. The molecule has 0 aliphatic carbocycles. The van der Waals surface area contributed by atoms with E-state index in [2.05, 4.69) is 4.72 Å². The van der Waals surface area contributed by atoms with Crippen LogP contribution in [0.15, 0.2) is 36.4 Å². The minimum Gasteiger partial charge on any atom is -0.212 e. The third kappa shape index (κ3) is 4.41. The number of nitrogens with one attached hydrogen (secondary N) is 1. The van der Waals surface area contributed by atoms with Crippen molar-refractivity contribution >= 4 is 21.4 Å². The standard InChI is InChI=1S/C13H14FNO2S2/c1-10-2-7-13(18-10)8-15-19(16,17)9-11-3-5-12(14)6-4-11/h2-7,15H,8-9H2,1H3. The zero-order valence-electron chi connectivity index (χ0n) is 10.4. The van der Waals surface area contributed by atoms with E-state index in [-0.39, 0.29) is 11.6 Å². The van der Waals surface area contributed by atoms with Gasteiger partial charge in [-0.25, -0.2) is 17.5 Å². The molecule has 0 fully saturated rings. The Bertz CT molecular complexity index is 648. The van der Waals surface area contributed by atoms with Gasteiger partial charge in [0, 0.05) is 16.3 Å². The van der Waals surface area contributed by atoms with E-state index in [1.807, 2.05) is 19.1 Å². The molecule has 3 nitrogen and oxygen atoms in total. The summed E-state index contributed by atoms with van der Waals surface area (Å²) in [6.45, 7) is 2.27. The van der Waals surface area contributed by atoms with Crippen LogP contribution in [0.4, 0.5) is 4.39 Å². The molecule has 0 unspecified atom stereocenters. The molecular weight excluding hydrogens is 285 g/mol. The lowest BCUT2D eigenvalue weighted by Gasteiger charge is -2.05. The van der Waals surface area contributed by atoms with Crippen LogP contribution in [0.1, 0.15) is 15.3 Å². The first-order valence-corrected chi connectivity index (χ1v) is 8.18. The lowest BCUT2D eigenvalue weighted by atomic mass is 10.2. The largest absolute Gasteiger partial charge is 0.216 e. The van der Waals surface area contributed by atoms with Gasteiger partial charge in [-0.1, -0.05) is 12.1 Å². The van der Waals surface area contributed by atoms with Gasteiger partial charge in [-0.15, -0.1) is 11.3 Å². The Labute approximate surface area is 116 Å². The predicted octanol–water partition coefficient (Wildman–Crippen LogP) is 2.82. The molecule has 1 aromatic heterocycles. The minimum absolute atomic E-state index is 0.141. The van der Waals surface area contributed by atoms with Crippen LogP contribution < -0.4 is 4.72 Å². The molecular formula is C13H14FNO2S2. The fourth-order valence-corrected chi connectivity index (χ4v) is 3.64. The van der Waals surface area contributed by atoms with Gasteiger partial charge >= 0.3 is 0 Å². The van der Waals surface area contributed by atoms with Gasteiger partial charge in [0.05, 0.1) is 5.75 Å². The van der Waals surface area contributed by atoms with Crippen LogP contribution in [0.25, 0.3) is 0 Å². The highest BCUT2D eigenvalue weighted by molar-refractivity contribution is 7.88. The summed E-state index contributed by atoms with van der Waals surface area (Å²) >= 11 is 1.56. The van der Waals surface area contributed by atoms with Crippen molar-refractivity contribution in [2.75, 3.05) is 0 Å². The summed E-state index contributed by atoms with van der Waals surface area (Å²) in [5, 5.41) is 0. The molecule has 102 valence electrons. The van der Waals surface area contributed by atoms with Crippen molar-refractivity contribution in [2.24, 2.45) is 0 Å². The maximum atomic E-state index is 12.7. The van der Waals surface area contributed by atoms with E-state index in [9.17, 15) is 12.8 Å². The molecule has 2 rings (SSSR count). The Morgan fingerprint density at radius 3 is 2.42 bits per heavy atom. The summed E-state index contributed by atoms with van der Waals surface area (Å²) in [7, 11) is -3.40. The number of sulfonamides is 1. The highest BCUT2D eigenvalue weighted by Gasteiger charge is 2.11. The van der Waals surface area contributed by atoms with Crippen molar-refractivity contribution in [3.63, 3.8) is 0 Å². The molecule has 0 saturated heterocycles. The maximum Gasteiger partial charge on any atom is 0.216 e. The van der Waals surface area contributed by atoms with Gasteiger partial charge in [0.25, 0.3) is 0 Å². The molecule has 1 aromatic carbocycles. The zero-order valence-corrected chi connectivity index (χ0v) is 12.0. The SMILES string of the molecule is Cc1ccc(CNS(=O)(=O)Cc2ccc(F)cc2)s1. The molecule has 0 aliphatic heterocycles. The monoisotopic (exact) mass is 299 g/mol. The normalized spacial score (nSPS) is 11.7. The van der Waals surface area contributed by atoms with Crippen molar-refractivity contribution in [3.05, 3.63) is 57.5 Å². The van der Waals surface area contributed by atoms with Gasteiger partial charge in [-0.3, -0.25) is 0 Å². The van der Waals surface area contributed by atoms with Gasteiger partial charge in [0.1, 0.15) is 5.82 Å². The Balaban J connectivity index is 1.97. The van der Waals surface area contributed by atoms with E-state index < -0.39 is 10.0 Å². The van der Waals surface area contributed by atoms with Crippen LogP contribution in [-0.2, 0) is 22.3 Å². The molecule has 2 aromatic rings. The Kier molecular flexibility index (Phi) is 4.34. The second-order valence-corrected chi connectivity index (χ2v) is 7.40. The Morgan fingerprint density at radius 2 is 1.84 bits per heavy atom. The number of hydrogen-bond donors (Lipinski definition) is 1. The van der Waals surface area contributed by atoms with Crippen LogP contribution in [0.5, 0.6) is 0 Å². The highest BCUT2D eigenvalue weighted by atomic mass is 32.2. The fourth-order valence-electron chi connectivity index (χ4n) is 1.61. The van der Waals surface area contributed by atoms with Crippen LogP contribution in [0.2, 0.25) is 0 Å². The van der Waals surface area contributed by atoms with Crippen molar-refractivity contribution in [3.8, 4) is 0 Å². The van der Waals surface area contributed by atoms with Crippen molar-refractivity contribution in [1.82, 2.24) is 4.72 Å². The van der Waals surface area contributed by atoms with Crippen LogP contribution in [-0.4, -0.2) is 8.42 Å². The quantitative estimate of drug-likeness (QED) is 0.923. The molecule has 6 heteroatoms. The first kappa shape index (κ1) is 14.2. The highest BCUT2D eigenvalue weighted by Crippen LogP contribution is 2.15. The first-order valence-electron chi connectivity index (χ1n) is 5.72. The molecule has 0 bridgehead atoms. The lowest BCUT2D eigenvalue weighted by Crippen LogP contribution is -2.24. The third-order valence-electron chi connectivity index (χ3n) is 2.53. The van der Waals surface area contributed by atoms with Gasteiger partial charge in [0.15, 0.2) is 0 Å². The summed E-state index contributed by atoms with van der Waals surface area (Å²) in [6.07, 6.45) is 0. The zero-order chi connectivity index (χ0) is 13.9. The molecule has 0 amide bonds. The van der Waals surface area contributed by atoms with Gasteiger partial charge in [-0.2, -0.15) is 0 Å². The van der Waals surface area contributed by atoms with Gasteiger partial charge in [-0.05, 0) is 36.8 Å². The van der Waals surface area contributed by atoms with E-state index >= 15 is 0 Å². The summed E-state index contributed by atoms with van der Waals surface area (Å²) in [5.74, 6) is -0.513. The van der Waals surface area contributed by atoms with Crippen molar-refractivity contribution < 1.29 is 12.8 Å². The van der Waals surface area contributed by atoms with Gasteiger partial charge in [0.2, 0.25) is 10.0 Å². The van der Waals surface area contributed by atoms with E-state index in [4.69, 9.17) is 0 Å². The summed E-state index contributed by atoms with van der Waals surface area (Å²) in [5.41, 5.74) is 0.566. The number of aryl methyl sites for hydroxylation is 1. The second kappa shape index (κ2) is 5.81. The number of rotatable bonds is 5. The first-order chi connectivity index (χ1) is 8.94. The van der Waals surface area contributed by atoms with Crippen LogP contribution in [0.3, 0.4) is 0 Å². The molecule has 0 atom stereocenters. The topological polar surface area (TPSA) is 46.2 Å². The summed E-state index contributed by atoms with van der Waals surface area (Å²) < 4.78 is 39.0. The average molecular weight is 299 g/mol. The van der Waals surface area contributed by atoms with E-state index in [1.165, 1.54) is 24.3 Å². The molecule has 19 heavy (non-hydrogen) atoms. The predicted molar refractivity (Wildman–Crippen MR) is 74.9 cm³/mol. The van der Waals surface area contributed by atoms with Crippen LogP contribution in [0, 0.1) is 12.7 Å². The molecule has 0 saturated carbocycles. The molecule has 0 aliphatic rings. The Hall–Kier alpha value is -1.24. The maximum absolute atomic E-state index is 12.7. The second-order valence-electron chi connectivity index (χ2n) is 4.22. The van der Waals surface area contributed by atoms with Crippen LogP contribution >= 0.6 is 11.3 Å². The minimum atomic E-state index is -3.40. The van der Waals surface area contributed by atoms with E-state index in [1.54, 1.807) is 11.3 Å². The lowest BCUT2D eigenvalue weighted by molar-refractivity contribution is 0.580. The van der Waals surface area contributed by atoms with E-state index in [0.717, 1.165) is 9.75 Å². The average Bonchev–Trinajstić information content (AvgIpc) is 2.76. The Morgan fingerprint density at radius 1 is 1.16 bits per heavy atom. The smallest absolute Gasteiger partial charge is 0.212 e. The number of hydrogen-bond acceptors (Lipinski definition) is 3. The fraction of sp³-hybridized carbons (Fsp3) is 0.231. The molecule has 0 radical (unpaired) electrons. The van der Waals surface area contributed by atoms with Crippen molar-refractivity contribution in [1.29, 1.82) is 0 Å². The number of thiophene rings is 1. The van der Waals surface area contributed by atoms with E-state index in [0.29, 0.717) is 12.1 Å². The van der Waals surface area contributed by atoms with Gasteiger partial charge < -0.3 is 0 Å². The number of halogens is 1. The number of benzene rings is 1. The molecule has 0 spiro atoms. The molecule has 1 heterocycles. The third-order valence-corrected chi connectivity index (χ3v) is 4.83. The summed E-state index contributed by atoms with van der Waals surface area (Å²) in [6, 6.07) is 9.32.